The van der Waals surface area contributed by atoms with E-state index in [1.165, 1.54) is 135 Å². The smallest absolute Gasteiger partial charge is 0.169 e. The van der Waals surface area contributed by atoms with E-state index < -0.39 is 0 Å². The van der Waals surface area contributed by atoms with Crippen LogP contribution in [0.25, 0.3) is 0 Å². The van der Waals surface area contributed by atoms with Gasteiger partial charge in [0.15, 0.2) is 5.79 Å². The van der Waals surface area contributed by atoms with Gasteiger partial charge in [-0.05, 0) is 63.7 Å². The summed E-state index contributed by atoms with van der Waals surface area (Å²) >= 11 is 0. The van der Waals surface area contributed by atoms with Gasteiger partial charge in [-0.2, -0.15) is 0 Å². The molecule has 1 saturated carbocycles. The molecule has 1 aliphatic heterocycles. The maximum Gasteiger partial charge on any atom is 0.169 e. The fourth-order valence-electron chi connectivity index (χ4n) is 6.29. The Morgan fingerprint density at radius 3 is 1.46 bits per heavy atom. The van der Waals surface area contributed by atoms with Crippen molar-refractivity contribution >= 4 is 0 Å². The van der Waals surface area contributed by atoms with Crippen molar-refractivity contribution in [3.05, 3.63) is 24.3 Å². The number of hydrogen-bond acceptors (Lipinski definition) is 2. The molecule has 4 atom stereocenters. The van der Waals surface area contributed by atoms with E-state index in [2.05, 4.69) is 45.1 Å². The van der Waals surface area contributed by atoms with Gasteiger partial charge < -0.3 is 9.47 Å². The molecule has 0 spiro atoms. The molecule has 216 valence electrons. The zero-order valence-electron chi connectivity index (χ0n) is 25.3. The van der Waals surface area contributed by atoms with Gasteiger partial charge in [-0.3, -0.25) is 0 Å². The summed E-state index contributed by atoms with van der Waals surface area (Å²) in [6.45, 7) is 6.92. The number of ether oxygens (including phenoxy) is 2. The molecule has 0 aromatic carbocycles. The standard InChI is InChI=1S/C35H64O2/c1-4-6-8-10-12-14-15-16-17-18-19-20-21-23-25-27-29-35(28-26-24-22-13-11-9-7-5-2)36-33-30-32(3)31-34(33)37-35/h12,14,16-17,32-34H,4-11,13,15,18-31H2,1-3H3/b14-12-,17-16-/t32-,33-,34+,35?. The zero-order valence-corrected chi connectivity index (χ0v) is 25.3. The quantitative estimate of drug-likeness (QED) is 0.0937. The molecule has 2 nitrogen and oxygen atoms in total. The van der Waals surface area contributed by atoms with Gasteiger partial charge in [-0.25, -0.2) is 0 Å². The van der Waals surface area contributed by atoms with Gasteiger partial charge in [0.1, 0.15) is 0 Å². The van der Waals surface area contributed by atoms with E-state index in [4.69, 9.17) is 9.47 Å². The average Bonchev–Trinajstić information content (AvgIpc) is 3.39. The Kier molecular flexibility index (Phi) is 18.7. The average molecular weight is 517 g/mol. The minimum Gasteiger partial charge on any atom is -0.344 e. The van der Waals surface area contributed by atoms with Crippen LogP contribution in [0.15, 0.2) is 24.3 Å². The first-order chi connectivity index (χ1) is 18.2. The molecular formula is C35H64O2. The van der Waals surface area contributed by atoms with Gasteiger partial charge in [0.2, 0.25) is 0 Å². The molecule has 1 heterocycles. The van der Waals surface area contributed by atoms with E-state index in [-0.39, 0.29) is 5.79 Å². The van der Waals surface area contributed by atoms with E-state index in [0.717, 1.165) is 25.2 Å². The lowest BCUT2D eigenvalue weighted by atomic mass is 9.98. The molecule has 0 amide bonds. The lowest BCUT2D eigenvalue weighted by Crippen LogP contribution is -2.32. The van der Waals surface area contributed by atoms with Gasteiger partial charge in [-0.1, -0.05) is 129 Å². The summed E-state index contributed by atoms with van der Waals surface area (Å²) in [4.78, 5) is 0. The molecule has 0 N–H and O–H groups in total. The van der Waals surface area contributed by atoms with E-state index >= 15 is 0 Å². The second kappa shape index (κ2) is 21.2. The molecule has 2 aliphatic rings. The summed E-state index contributed by atoms with van der Waals surface area (Å²) in [6.07, 6.45) is 41.4. The van der Waals surface area contributed by atoms with Crippen LogP contribution in [-0.2, 0) is 9.47 Å². The zero-order chi connectivity index (χ0) is 26.4. The SMILES string of the molecule is CCCCC/C=C\C/C=C\CCCCCCCCC1(CCCCCCCCCC)O[C@H]2C[C@H](C)C[C@H]2O1. The van der Waals surface area contributed by atoms with Gasteiger partial charge in [0.25, 0.3) is 0 Å². The third-order valence-corrected chi connectivity index (χ3v) is 8.59. The second-order valence-corrected chi connectivity index (χ2v) is 12.4. The van der Waals surface area contributed by atoms with Crippen LogP contribution < -0.4 is 0 Å². The summed E-state index contributed by atoms with van der Waals surface area (Å²) in [5.74, 6) is 0.505. The Balaban J connectivity index is 1.52. The largest absolute Gasteiger partial charge is 0.344 e. The highest BCUT2D eigenvalue weighted by molar-refractivity contribution is 4.93. The molecule has 0 bridgehead atoms. The Bertz CT molecular complexity index is 566. The third-order valence-electron chi connectivity index (χ3n) is 8.59. The van der Waals surface area contributed by atoms with Crippen LogP contribution in [0.4, 0.5) is 0 Å². The second-order valence-electron chi connectivity index (χ2n) is 12.4. The molecule has 1 aliphatic carbocycles. The molecule has 0 radical (unpaired) electrons. The van der Waals surface area contributed by atoms with E-state index in [0.29, 0.717) is 12.2 Å². The fourth-order valence-corrected chi connectivity index (χ4v) is 6.29. The van der Waals surface area contributed by atoms with Gasteiger partial charge in [-0.15, -0.1) is 0 Å². The predicted octanol–water partition coefficient (Wildman–Crippen LogP) is 11.6. The van der Waals surface area contributed by atoms with Gasteiger partial charge in [0, 0.05) is 12.8 Å². The Labute approximate surface area is 232 Å². The normalized spacial score (nSPS) is 25.6. The van der Waals surface area contributed by atoms with E-state index in [1.54, 1.807) is 0 Å². The van der Waals surface area contributed by atoms with Crippen LogP contribution in [0.2, 0.25) is 0 Å². The van der Waals surface area contributed by atoms with Crippen molar-refractivity contribution in [2.45, 2.75) is 193 Å². The van der Waals surface area contributed by atoms with Crippen LogP contribution in [-0.4, -0.2) is 18.0 Å². The number of hydrogen-bond donors (Lipinski definition) is 0. The van der Waals surface area contributed by atoms with Gasteiger partial charge >= 0.3 is 0 Å². The fraction of sp³-hybridized carbons (Fsp3) is 0.886. The first-order valence-corrected chi connectivity index (χ1v) is 16.8. The summed E-state index contributed by atoms with van der Waals surface area (Å²) < 4.78 is 13.4. The Morgan fingerprint density at radius 1 is 0.541 bits per heavy atom. The van der Waals surface area contributed by atoms with Crippen molar-refractivity contribution in [3.63, 3.8) is 0 Å². The lowest BCUT2D eigenvalue weighted by Gasteiger charge is -2.30. The maximum absolute atomic E-state index is 6.69. The molecule has 37 heavy (non-hydrogen) atoms. The topological polar surface area (TPSA) is 18.5 Å². The first-order valence-electron chi connectivity index (χ1n) is 16.8. The van der Waals surface area contributed by atoms with Crippen LogP contribution in [0, 0.1) is 5.92 Å². The third kappa shape index (κ3) is 14.9. The van der Waals surface area contributed by atoms with Crippen molar-refractivity contribution in [3.8, 4) is 0 Å². The summed E-state index contributed by atoms with van der Waals surface area (Å²) in [6, 6.07) is 0. The summed E-state index contributed by atoms with van der Waals surface area (Å²) in [5, 5.41) is 0. The minimum atomic E-state index is -0.257. The first kappa shape index (κ1) is 32.6. The number of unbranched alkanes of at least 4 members (excludes halogenated alkanes) is 16. The number of rotatable bonds is 24. The van der Waals surface area contributed by atoms with E-state index in [1.807, 2.05) is 0 Å². The van der Waals surface area contributed by atoms with Crippen LogP contribution in [0.1, 0.15) is 175 Å². The van der Waals surface area contributed by atoms with Crippen LogP contribution in [0.3, 0.4) is 0 Å². The predicted molar refractivity (Wildman–Crippen MR) is 162 cm³/mol. The minimum absolute atomic E-state index is 0.257. The van der Waals surface area contributed by atoms with Crippen molar-refractivity contribution < 1.29 is 9.47 Å². The van der Waals surface area contributed by atoms with Crippen molar-refractivity contribution in [2.24, 2.45) is 5.92 Å². The van der Waals surface area contributed by atoms with E-state index in [9.17, 15) is 0 Å². The molecule has 0 aromatic heterocycles. The van der Waals surface area contributed by atoms with Crippen LogP contribution >= 0.6 is 0 Å². The highest BCUT2D eigenvalue weighted by Crippen LogP contribution is 2.45. The van der Waals surface area contributed by atoms with Crippen LogP contribution in [0.5, 0.6) is 0 Å². The highest BCUT2D eigenvalue weighted by atomic mass is 16.8. The molecule has 2 heteroatoms. The molecule has 0 aromatic rings. The monoisotopic (exact) mass is 516 g/mol. The Morgan fingerprint density at radius 2 is 0.946 bits per heavy atom. The highest BCUT2D eigenvalue weighted by Gasteiger charge is 2.50. The van der Waals surface area contributed by atoms with Crippen molar-refractivity contribution in [2.75, 3.05) is 0 Å². The molecular weight excluding hydrogens is 452 g/mol. The Hall–Kier alpha value is -0.600. The maximum atomic E-state index is 6.69. The molecule has 2 fully saturated rings. The number of allylic oxidation sites excluding steroid dienone is 4. The van der Waals surface area contributed by atoms with Gasteiger partial charge in [0.05, 0.1) is 12.2 Å². The summed E-state index contributed by atoms with van der Waals surface area (Å²) in [7, 11) is 0. The van der Waals surface area contributed by atoms with Crippen molar-refractivity contribution in [1.29, 1.82) is 0 Å². The van der Waals surface area contributed by atoms with Crippen molar-refractivity contribution in [1.82, 2.24) is 0 Å². The molecule has 1 unspecified atom stereocenters. The lowest BCUT2D eigenvalue weighted by molar-refractivity contribution is -0.192. The molecule has 1 saturated heterocycles. The molecule has 2 rings (SSSR count). The summed E-state index contributed by atoms with van der Waals surface area (Å²) in [5.41, 5.74) is 0. The number of fused-ring (bicyclic) bond motifs is 1.